The minimum atomic E-state index is -2.28. The van der Waals surface area contributed by atoms with E-state index >= 15 is 0 Å². The normalized spacial score (nSPS) is 28.4. The van der Waals surface area contributed by atoms with Gasteiger partial charge in [-0.25, -0.2) is 0 Å². The third kappa shape index (κ3) is 3.36. The third-order valence-corrected chi connectivity index (χ3v) is 5.72. The maximum absolute atomic E-state index is 11.8. The first kappa shape index (κ1) is 12.9. The first-order valence-electron chi connectivity index (χ1n) is 10.8. The maximum atomic E-state index is 11.8. The third-order valence-electron chi connectivity index (χ3n) is 5.46. The minimum absolute atomic E-state index is 0.105. The Morgan fingerprint density at radius 3 is 2.24 bits per heavy atom. The summed E-state index contributed by atoms with van der Waals surface area (Å²) in [6.45, 7) is 1.01. The number of aliphatic hydroxyl groups is 1. The zero-order valence-electron chi connectivity index (χ0n) is 18.1. The van der Waals surface area contributed by atoms with E-state index in [1.165, 1.54) is 0 Å². The fourth-order valence-corrected chi connectivity index (χ4v) is 3.91. The van der Waals surface area contributed by atoms with E-state index in [-0.39, 0.29) is 18.4 Å². The van der Waals surface area contributed by atoms with E-state index in [9.17, 15) is 5.11 Å². The molecule has 2 aromatic rings. The summed E-state index contributed by atoms with van der Waals surface area (Å²) in [6, 6.07) is 14.0. The second kappa shape index (κ2) is 6.75. The highest BCUT2D eigenvalue weighted by Gasteiger charge is 2.43. The number of halogens is 1. The van der Waals surface area contributed by atoms with Gasteiger partial charge in [-0.05, 0) is 72.7 Å². The van der Waals surface area contributed by atoms with E-state index in [0.717, 1.165) is 5.56 Å². The summed E-state index contributed by atoms with van der Waals surface area (Å²) in [5, 5.41) is 12.4. The number of benzene rings is 2. The van der Waals surface area contributed by atoms with Crippen molar-refractivity contribution in [2.24, 2.45) is 5.41 Å². The van der Waals surface area contributed by atoms with Gasteiger partial charge in [0.2, 0.25) is 0 Å². The van der Waals surface area contributed by atoms with Crippen LogP contribution in [0, 0.1) is 5.41 Å². The van der Waals surface area contributed by atoms with Crippen LogP contribution in [0.2, 0.25) is 5.02 Å². The summed E-state index contributed by atoms with van der Waals surface area (Å²) in [4.78, 5) is 0. The summed E-state index contributed by atoms with van der Waals surface area (Å²) in [5.74, 6) is 0. The van der Waals surface area contributed by atoms with Gasteiger partial charge >= 0.3 is 0 Å². The van der Waals surface area contributed by atoms with Crippen molar-refractivity contribution in [1.29, 1.82) is 0 Å². The van der Waals surface area contributed by atoms with E-state index in [2.05, 4.69) is 0 Å². The number of hydrogen-bond acceptors (Lipinski definition) is 2. The van der Waals surface area contributed by atoms with Gasteiger partial charge in [-0.1, -0.05) is 48.0 Å². The highest BCUT2D eigenvalue weighted by molar-refractivity contribution is 6.30. The first-order chi connectivity index (χ1) is 13.6. The van der Waals surface area contributed by atoms with Gasteiger partial charge < -0.3 is 9.84 Å². The molecule has 2 aliphatic rings. The van der Waals surface area contributed by atoms with E-state index < -0.39 is 23.8 Å². The molecule has 132 valence electrons. The van der Waals surface area contributed by atoms with Gasteiger partial charge in [-0.2, -0.15) is 0 Å². The van der Waals surface area contributed by atoms with Crippen molar-refractivity contribution in [1.82, 2.24) is 0 Å². The molecule has 1 N–H and O–H groups in total. The summed E-state index contributed by atoms with van der Waals surface area (Å²) >= 11 is 6.01. The van der Waals surface area contributed by atoms with Crippen molar-refractivity contribution in [2.75, 3.05) is 13.2 Å². The average molecular weight is 361 g/mol. The van der Waals surface area contributed by atoms with Crippen LogP contribution in [-0.4, -0.2) is 18.3 Å². The molecule has 0 radical (unpaired) electrons. The molecule has 1 saturated carbocycles. The molecule has 2 fully saturated rings. The van der Waals surface area contributed by atoms with Crippen molar-refractivity contribution in [2.45, 2.75) is 44.0 Å². The average Bonchev–Trinajstić information content (AvgIpc) is 2.66. The Hall–Kier alpha value is -1.35. The molecule has 0 bridgehead atoms. The first-order valence-corrected chi connectivity index (χ1v) is 9.14. The molecule has 2 nitrogen and oxygen atoms in total. The van der Waals surface area contributed by atoms with E-state index in [4.69, 9.17) is 21.8 Å². The van der Waals surface area contributed by atoms with Crippen LogP contribution in [-0.2, 0) is 10.3 Å². The lowest BCUT2D eigenvalue weighted by Gasteiger charge is -2.46. The smallest absolute Gasteiger partial charge is 0.0903 e. The molecule has 25 heavy (non-hydrogen) atoms. The molecule has 1 aliphatic carbocycles. The van der Waals surface area contributed by atoms with Crippen LogP contribution in [0.25, 0.3) is 11.1 Å². The highest BCUT2D eigenvalue weighted by atomic mass is 35.5. The van der Waals surface area contributed by atoms with E-state index in [1.54, 1.807) is 42.5 Å². The Morgan fingerprint density at radius 1 is 0.920 bits per heavy atom. The summed E-state index contributed by atoms with van der Waals surface area (Å²) in [5.41, 5.74) is -1.12. The van der Waals surface area contributed by atoms with Gasteiger partial charge in [0, 0.05) is 23.7 Å². The van der Waals surface area contributed by atoms with Crippen molar-refractivity contribution in [3.05, 3.63) is 59.1 Å². The van der Waals surface area contributed by atoms with Crippen molar-refractivity contribution in [3.63, 3.8) is 0 Å². The molecule has 3 heteroatoms. The monoisotopic (exact) mass is 360 g/mol. The summed E-state index contributed by atoms with van der Waals surface area (Å²) in [7, 11) is 0. The van der Waals surface area contributed by atoms with E-state index in [0.29, 0.717) is 36.6 Å². The van der Waals surface area contributed by atoms with Crippen LogP contribution in [0.5, 0.6) is 0 Å². The fourth-order valence-electron chi connectivity index (χ4n) is 3.78. The molecule has 1 saturated heterocycles. The molecule has 1 heterocycles. The molecule has 2 aromatic carbocycles. The zero-order chi connectivity index (χ0) is 20.9. The van der Waals surface area contributed by atoms with Crippen molar-refractivity contribution in [3.8, 4) is 11.1 Å². The molecule has 1 spiro atoms. The SMILES string of the molecule is [2H]C1([2H])CC2(CCOCC2)CC([2H])([2H])C1(O)c1ccccc1-c1ccc(Cl)cc1. The Balaban J connectivity index is 1.85. The lowest BCUT2D eigenvalue weighted by Crippen LogP contribution is -2.40. The maximum Gasteiger partial charge on any atom is 0.0903 e. The van der Waals surface area contributed by atoms with Gasteiger partial charge in [0.15, 0.2) is 0 Å². The quantitative estimate of drug-likeness (QED) is 0.759. The number of hydrogen-bond donors (Lipinski definition) is 1. The van der Waals surface area contributed by atoms with Gasteiger partial charge in [-0.3, -0.25) is 0 Å². The van der Waals surface area contributed by atoms with Crippen LogP contribution in [0.1, 0.15) is 49.5 Å². The largest absolute Gasteiger partial charge is 0.385 e. The molecular formula is C22H25ClO2. The van der Waals surface area contributed by atoms with E-state index in [1.807, 2.05) is 6.07 Å². The molecule has 0 amide bonds. The zero-order valence-corrected chi connectivity index (χ0v) is 14.9. The van der Waals surface area contributed by atoms with Gasteiger partial charge in [0.05, 0.1) is 5.60 Å². The van der Waals surface area contributed by atoms with Crippen molar-refractivity contribution >= 4 is 11.6 Å². The second-order valence-corrected chi connectivity index (χ2v) is 7.52. The van der Waals surface area contributed by atoms with Crippen LogP contribution in [0.4, 0.5) is 0 Å². The Bertz CT molecular complexity index is 872. The molecule has 0 unspecified atom stereocenters. The molecule has 1 aliphatic heterocycles. The number of rotatable bonds is 2. The Labute approximate surface area is 160 Å². The van der Waals surface area contributed by atoms with Gasteiger partial charge in [0.1, 0.15) is 0 Å². The Morgan fingerprint density at radius 2 is 1.56 bits per heavy atom. The second-order valence-electron chi connectivity index (χ2n) is 7.08. The standard InChI is InChI=1S/C22H25ClO2/c23-18-7-5-17(6-8-18)19-3-1-2-4-20(19)22(24)11-9-21(10-12-22)13-15-25-16-14-21/h1-8,24H,9-16H2/i11D2,12D2. The van der Waals surface area contributed by atoms with Crippen molar-refractivity contribution < 1.29 is 15.3 Å². The molecule has 4 rings (SSSR count). The predicted molar refractivity (Wildman–Crippen MR) is 102 cm³/mol. The van der Waals surface area contributed by atoms with Crippen LogP contribution in [0.3, 0.4) is 0 Å². The minimum Gasteiger partial charge on any atom is -0.385 e. The van der Waals surface area contributed by atoms with Crippen LogP contribution < -0.4 is 0 Å². The number of ether oxygens (including phenoxy) is 1. The summed E-state index contributed by atoms with van der Waals surface area (Å²) in [6.07, 6.45) is -2.85. The van der Waals surface area contributed by atoms with Gasteiger partial charge in [-0.15, -0.1) is 0 Å². The lowest BCUT2D eigenvalue weighted by molar-refractivity contribution is -0.0744. The molecule has 0 aromatic heterocycles. The topological polar surface area (TPSA) is 29.5 Å². The predicted octanol–water partition coefficient (Wildman–Crippen LogP) is 5.57. The summed E-state index contributed by atoms with van der Waals surface area (Å²) < 4.78 is 40.8. The molecular weight excluding hydrogens is 332 g/mol. The molecule has 0 atom stereocenters. The Kier molecular flexibility index (Phi) is 3.49. The highest BCUT2D eigenvalue weighted by Crippen LogP contribution is 2.51. The van der Waals surface area contributed by atoms with Crippen LogP contribution in [0.15, 0.2) is 48.5 Å². The fraction of sp³-hybridized carbons (Fsp3) is 0.455. The van der Waals surface area contributed by atoms with Gasteiger partial charge in [0.25, 0.3) is 0 Å². The van der Waals surface area contributed by atoms with Crippen LogP contribution >= 0.6 is 11.6 Å². The lowest BCUT2D eigenvalue weighted by atomic mass is 9.63.